The van der Waals surface area contributed by atoms with Gasteiger partial charge in [-0.2, -0.15) is 10.4 Å². The number of aromatic nitrogens is 5. The van der Waals surface area contributed by atoms with Gasteiger partial charge in [0.15, 0.2) is 17.3 Å². The second kappa shape index (κ2) is 5.77. The van der Waals surface area contributed by atoms with Gasteiger partial charge in [-0.25, -0.2) is 9.97 Å². The number of benzene rings is 1. The first-order valence-electron chi connectivity index (χ1n) is 8.19. The Balaban J connectivity index is 1.88. The van der Waals surface area contributed by atoms with E-state index in [2.05, 4.69) is 26.1 Å². The number of hydrogen-bond acceptors (Lipinski definition) is 5. The number of aryl methyl sites for hydroxylation is 3. The smallest absolute Gasteiger partial charge is 0.188 e. The highest BCUT2D eigenvalue weighted by atomic mass is 16.1. The van der Waals surface area contributed by atoms with Gasteiger partial charge in [0, 0.05) is 18.3 Å². The molecule has 0 aliphatic rings. The summed E-state index contributed by atoms with van der Waals surface area (Å²) in [6, 6.07) is 11.3. The second-order valence-electron chi connectivity index (χ2n) is 6.28. The zero-order valence-electron chi connectivity index (χ0n) is 14.6. The number of ketones is 1. The average Bonchev–Trinajstić information content (AvgIpc) is 3.16. The number of aromatic amines is 1. The predicted octanol–water partition coefficient (Wildman–Crippen LogP) is 2.95. The van der Waals surface area contributed by atoms with Crippen LogP contribution in [-0.4, -0.2) is 30.5 Å². The molecule has 1 atom stereocenters. The van der Waals surface area contributed by atoms with Crippen LogP contribution in [-0.2, 0) is 7.05 Å². The maximum atomic E-state index is 13.2. The maximum Gasteiger partial charge on any atom is 0.188 e. The lowest BCUT2D eigenvalue weighted by Gasteiger charge is -2.08. The molecule has 1 N–H and O–H groups in total. The number of pyridine rings is 1. The lowest BCUT2D eigenvalue weighted by molar-refractivity contribution is 0.0978. The van der Waals surface area contributed by atoms with Gasteiger partial charge in [-0.3, -0.25) is 9.48 Å². The van der Waals surface area contributed by atoms with E-state index in [-0.39, 0.29) is 5.78 Å². The fourth-order valence-corrected chi connectivity index (χ4v) is 3.27. The minimum absolute atomic E-state index is 0.307. The summed E-state index contributed by atoms with van der Waals surface area (Å²) in [5, 5.41) is 14.7. The molecule has 1 aromatic carbocycles. The van der Waals surface area contributed by atoms with Crippen LogP contribution in [0.3, 0.4) is 0 Å². The van der Waals surface area contributed by atoms with E-state index in [0.717, 1.165) is 11.0 Å². The molecule has 26 heavy (non-hydrogen) atoms. The number of H-pyrrole nitrogens is 1. The number of Topliss-reactive ketones (excluding diaryl/α,β-unsaturated/α-hetero) is 1. The molecular formula is C19H16N6O. The van der Waals surface area contributed by atoms with E-state index in [0.29, 0.717) is 33.8 Å². The number of nitrogens with zero attached hydrogens (tertiary/aromatic N) is 5. The molecule has 0 saturated carbocycles. The van der Waals surface area contributed by atoms with Crippen molar-refractivity contribution in [3.63, 3.8) is 0 Å². The molecule has 0 fully saturated rings. The molecule has 7 heteroatoms. The van der Waals surface area contributed by atoms with Gasteiger partial charge in [-0.15, -0.1) is 0 Å². The summed E-state index contributed by atoms with van der Waals surface area (Å²) in [6.45, 7) is 3.65. The SMILES string of the molecule is Cc1cc(C(=O)[C@@H](C#N)c2nc3ccccc3[nH]2)c2c(C)nn(C)c2n1. The van der Waals surface area contributed by atoms with Gasteiger partial charge in [0.05, 0.1) is 28.2 Å². The third kappa shape index (κ3) is 2.35. The Labute approximate surface area is 149 Å². The Hall–Kier alpha value is -3.53. The highest BCUT2D eigenvalue weighted by Crippen LogP contribution is 2.27. The Bertz CT molecular complexity index is 1180. The van der Waals surface area contributed by atoms with Gasteiger partial charge in [0.2, 0.25) is 0 Å². The number of carbonyl (C=O) groups is 1. The fraction of sp³-hybridized carbons (Fsp3) is 0.211. The van der Waals surface area contributed by atoms with Crippen molar-refractivity contribution < 1.29 is 4.79 Å². The summed E-state index contributed by atoms with van der Waals surface area (Å²) < 4.78 is 1.65. The van der Waals surface area contributed by atoms with Crippen molar-refractivity contribution in [2.45, 2.75) is 19.8 Å². The van der Waals surface area contributed by atoms with Crippen LogP contribution in [0.25, 0.3) is 22.1 Å². The summed E-state index contributed by atoms with van der Waals surface area (Å²) >= 11 is 0. The van der Waals surface area contributed by atoms with Crippen LogP contribution < -0.4 is 0 Å². The van der Waals surface area contributed by atoms with Crippen molar-refractivity contribution in [3.8, 4) is 6.07 Å². The van der Waals surface area contributed by atoms with E-state index in [4.69, 9.17) is 0 Å². The van der Waals surface area contributed by atoms with E-state index >= 15 is 0 Å². The van der Waals surface area contributed by atoms with E-state index in [1.165, 1.54) is 0 Å². The van der Waals surface area contributed by atoms with Gasteiger partial charge in [0.1, 0.15) is 5.82 Å². The van der Waals surface area contributed by atoms with Crippen LogP contribution in [0.15, 0.2) is 30.3 Å². The molecule has 0 radical (unpaired) electrons. The molecule has 0 unspecified atom stereocenters. The van der Waals surface area contributed by atoms with Crippen LogP contribution in [0, 0.1) is 25.2 Å². The third-order valence-electron chi connectivity index (χ3n) is 4.43. The van der Waals surface area contributed by atoms with Crippen LogP contribution in [0.1, 0.15) is 33.5 Å². The lowest BCUT2D eigenvalue weighted by atomic mass is 9.95. The maximum absolute atomic E-state index is 13.2. The van der Waals surface area contributed by atoms with Crippen molar-refractivity contribution in [1.82, 2.24) is 24.7 Å². The van der Waals surface area contributed by atoms with Crippen molar-refractivity contribution in [2.24, 2.45) is 7.05 Å². The molecule has 0 amide bonds. The molecular weight excluding hydrogens is 328 g/mol. The number of para-hydroxylation sites is 2. The number of imidazole rings is 1. The van der Waals surface area contributed by atoms with E-state index in [1.54, 1.807) is 17.8 Å². The molecule has 4 aromatic rings. The minimum Gasteiger partial charge on any atom is -0.340 e. The number of hydrogen-bond donors (Lipinski definition) is 1. The zero-order chi connectivity index (χ0) is 18.4. The van der Waals surface area contributed by atoms with E-state index in [1.807, 2.05) is 38.1 Å². The first-order valence-corrected chi connectivity index (χ1v) is 8.19. The standard InChI is InChI=1S/C19H16N6O/c1-10-8-12(16-11(2)24-25(3)19(16)21-10)17(26)13(9-20)18-22-14-6-4-5-7-15(14)23-18/h4-8,13H,1-3H3,(H,22,23)/t13-/m1/s1. The van der Waals surface area contributed by atoms with Crippen molar-refractivity contribution >= 4 is 27.9 Å². The molecule has 7 nitrogen and oxygen atoms in total. The molecule has 0 saturated heterocycles. The molecule has 0 spiro atoms. The van der Waals surface area contributed by atoms with Gasteiger partial charge >= 0.3 is 0 Å². The summed E-state index contributed by atoms with van der Waals surface area (Å²) in [6.07, 6.45) is 0. The number of nitrogens with one attached hydrogen (secondary N) is 1. The molecule has 3 heterocycles. The molecule has 0 aliphatic carbocycles. The summed E-state index contributed by atoms with van der Waals surface area (Å²) in [4.78, 5) is 25.2. The van der Waals surface area contributed by atoms with Crippen LogP contribution in [0.5, 0.6) is 0 Å². The van der Waals surface area contributed by atoms with Crippen molar-refractivity contribution in [1.29, 1.82) is 5.26 Å². The molecule has 3 aromatic heterocycles. The normalized spacial score (nSPS) is 12.4. The molecule has 0 aliphatic heterocycles. The minimum atomic E-state index is -1.02. The first kappa shape index (κ1) is 16.0. The topological polar surface area (TPSA) is 100 Å². The van der Waals surface area contributed by atoms with Crippen molar-refractivity contribution in [3.05, 3.63) is 53.1 Å². The fourth-order valence-electron chi connectivity index (χ4n) is 3.27. The monoisotopic (exact) mass is 344 g/mol. The molecule has 128 valence electrons. The Morgan fingerprint density at radius 3 is 2.77 bits per heavy atom. The number of carbonyl (C=O) groups excluding carboxylic acids is 1. The zero-order valence-corrected chi connectivity index (χ0v) is 14.6. The summed E-state index contributed by atoms with van der Waals surface area (Å²) in [5.41, 5.74) is 4.01. The molecule has 0 bridgehead atoms. The van der Waals surface area contributed by atoms with Gasteiger partial charge in [0.25, 0.3) is 0 Å². The summed E-state index contributed by atoms with van der Waals surface area (Å²) in [5.74, 6) is -0.979. The summed E-state index contributed by atoms with van der Waals surface area (Å²) in [7, 11) is 1.79. The predicted molar refractivity (Wildman–Crippen MR) is 96.8 cm³/mol. The first-order chi connectivity index (χ1) is 12.5. The number of fused-ring (bicyclic) bond motifs is 2. The van der Waals surface area contributed by atoms with E-state index < -0.39 is 5.92 Å². The lowest BCUT2D eigenvalue weighted by Crippen LogP contribution is -2.14. The Morgan fingerprint density at radius 1 is 1.27 bits per heavy atom. The Kier molecular flexibility index (Phi) is 3.55. The van der Waals surface area contributed by atoms with Gasteiger partial charge in [-0.1, -0.05) is 12.1 Å². The van der Waals surface area contributed by atoms with Gasteiger partial charge < -0.3 is 4.98 Å². The van der Waals surface area contributed by atoms with Crippen LogP contribution in [0.2, 0.25) is 0 Å². The Morgan fingerprint density at radius 2 is 2.04 bits per heavy atom. The number of nitriles is 1. The van der Waals surface area contributed by atoms with Crippen LogP contribution in [0.4, 0.5) is 0 Å². The highest BCUT2D eigenvalue weighted by molar-refractivity contribution is 6.11. The average molecular weight is 344 g/mol. The van der Waals surface area contributed by atoms with Gasteiger partial charge in [-0.05, 0) is 32.0 Å². The second-order valence-corrected chi connectivity index (χ2v) is 6.28. The van der Waals surface area contributed by atoms with E-state index in [9.17, 15) is 10.1 Å². The molecule has 4 rings (SSSR count). The number of rotatable bonds is 3. The quantitative estimate of drug-likeness (QED) is 0.576. The largest absolute Gasteiger partial charge is 0.340 e. The third-order valence-corrected chi connectivity index (χ3v) is 4.43. The van der Waals surface area contributed by atoms with Crippen LogP contribution >= 0.6 is 0 Å². The van der Waals surface area contributed by atoms with Crippen molar-refractivity contribution in [2.75, 3.05) is 0 Å². The highest BCUT2D eigenvalue weighted by Gasteiger charge is 2.28.